The average Bonchev–Trinajstić information content (AvgIpc) is 2.45. The van der Waals surface area contributed by atoms with Crippen molar-refractivity contribution in [3.05, 3.63) is 72.9 Å². The minimum Gasteiger partial charge on any atom is -0.697 e. The van der Waals surface area contributed by atoms with E-state index in [0.29, 0.717) is 9.26 Å². The zero-order valence-electron chi connectivity index (χ0n) is 10.4. The Labute approximate surface area is 143 Å². The fraction of sp³-hybridized carbons (Fsp3) is 0. The molecule has 0 aliphatic carbocycles. The number of nitrogens with zero attached hydrogens (tertiary/aromatic N) is 2. The number of nitrogens with one attached hydrogen (secondary N) is 2. The van der Waals surface area contributed by atoms with E-state index in [4.69, 9.17) is 5.73 Å². The summed E-state index contributed by atoms with van der Waals surface area (Å²) in [5, 5.41) is 1.03. The predicted molar refractivity (Wildman–Crippen MR) is 85.1 cm³/mol. The molecule has 0 aliphatic heterocycles. The van der Waals surface area contributed by atoms with E-state index in [1.165, 1.54) is 6.20 Å². The van der Waals surface area contributed by atoms with Crippen LogP contribution in [-0.2, 0) is 17.1 Å². The number of rotatable bonds is 0. The number of hydrogen-bond donors (Lipinski definition) is 1. The molecule has 6 nitrogen and oxygen atoms in total. The van der Waals surface area contributed by atoms with Crippen molar-refractivity contribution in [3.8, 4) is 0 Å². The van der Waals surface area contributed by atoms with E-state index < -0.39 is 5.69 Å². The summed E-state index contributed by atoms with van der Waals surface area (Å²) in [5.74, 6) is 0. The van der Waals surface area contributed by atoms with E-state index in [2.05, 4.69) is 9.97 Å². The SMILES string of the molecule is O=c1[n-]cc(I)c(=O)[nH]1.[Cu+2].[NH-]c1cccc2cccnc12. The van der Waals surface area contributed by atoms with E-state index in [1.807, 2.05) is 29.2 Å². The first-order valence-corrected chi connectivity index (χ1v) is 6.63. The Morgan fingerprint density at radius 3 is 2.52 bits per heavy atom. The minimum absolute atomic E-state index is 0. The van der Waals surface area contributed by atoms with Gasteiger partial charge in [-0.25, -0.2) is 0 Å². The van der Waals surface area contributed by atoms with E-state index >= 15 is 0 Å². The molecule has 0 fully saturated rings. The van der Waals surface area contributed by atoms with E-state index in [1.54, 1.807) is 34.9 Å². The van der Waals surface area contributed by atoms with Gasteiger partial charge in [0.05, 0.1) is 9.09 Å². The smallest absolute Gasteiger partial charge is 0.697 e. The van der Waals surface area contributed by atoms with Gasteiger partial charge in [-0.2, -0.15) is 0 Å². The van der Waals surface area contributed by atoms with Crippen LogP contribution in [0.3, 0.4) is 0 Å². The van der Waals surface area contributed by atoms with Crippen LogP contribution in [-0.4, -0.2) is 9.97 Å². The van der Waals surface area contributed by atoms with Gasteiger partial charge in [0.1, 0.15) is 0 Å². The third-order valence-electron chi connectivity index (χ3n) is 2.37. The van der Waals surface area contributed by atoms with Crippen molar-refractivity contribution >= 4 is 39.2 Å². The first-order valence-electron chi connectivity index (χ1n) is 5.55. The minimum atomic E-state index is -0.597. The maximum atomic E-state index is 10.5. The van der Waals surface area contributed by atoms with Crippen LogP contribution >= 0.6 is 22.6 Å². The molecule has 0 saturated heterocycles. The second-order valence-electron chi connectivity index (χ2n) is 3.75. The molecule has 21 heavy (non-hydrogen) atoms. The van der Waals surface area contributed by atoms with Crippen molar-refractivity contribution in [2.45, 2.75) is 0 Å². The number of pyridine rings is 1. The second-order valence-corrected chi connectivity index (χ2v) is 4.91. The van der Waals surface area contributed by atoms with Gasteiger partial charge in [-0.3, -0.25) is 14.6 Å². The maximum Gasteiger partial charge on any atom is 2.00 e. The number of H-pyrrole nitrogens is 1. The molecule has 0 amide bonds. The van der Waals surface area contributed by atoms with Gasteiger partial charge in [0.15, 0.2) is 11.2 Å². The topological polar surface area (TPSA) is 101 Å². The molecule has 1 aromatic carbocycles. The summed E-state index contributed by atoms with van der Waals surface area (Å²) in [6, 6.07) is 9.41. The summed E-state index contributed by atoms with van der Waals surface area (Å²) in [7, 11) is 0. The van der Waals surface area contributed by atoms with Crippen molar-refractivity contribution in [2.24, 2.45) is 0 Å². The van der Waals surface area contributed by atoms with Crippen molar-refractivity contribution in [3.63, 3.8) is 0 Å². The van der Waals surface area contributed by atoms with Crippen molar-refractivity contribution in [2.75, 3.05) is 0 Å². The van der Waals surface area contributed by atoms with Crippen LogP contribution < -0.4 is 16.2 Å². The normalized spacial score (nSPS) is 9.38. The molecule has 2 heterocycles. The number of hydrogen-bond acceptors (Lipinski definition) is 3. The molecule has 0 bridgehead atoms. The van der Waals surface area contributed by atoms with Gasteiger partial charge in [-0.1, -0.05) is 30.5 Å². The monoisotopic (exact) mass is 443 g/mol. The first kappa shape index (κ1) is 17.4. The maximum absolute atomic E-state index is 10.5. The molecule has 1 radical (unpaired) electrons. The zero-order chi connectivity index (χ0) is 14.5. The molecule has 0 aliphatic rings. The van der Waals surface area contributed by atoms with Crippen LogP contribution in [0.1, 0.15) is 0 Å². The van der Waals surface area contributed by atoms with Crippen LogP contribution in [0.25, 0.3) is 16.6 Å². The molecule has 0 spiro atoms. The van der Waals surface area contributed by atoms with Crippen LogP contribution in [0.2, 0.25) is 0 Å². The number of benzene rings is 1. The van der Waals surface area contributed by atoms with Gasteiger partial charge in [0, 0.05) is 6.20 Å². The molecular weight excluding hydrogens is 435 g/mol. The Morgan fingerprint density at radius 1 is 1.19 bits per heavy atom. The van der Waals surface area contributed by atoms with Gasteiger partial charge in [0.25, 0.3) is 0 Å². The summed E-state index contributed by atoms with van der Waals surface area (Å²) in [5.41, 5.74) is 7.79. The van der Waals surface area contributed by atoms with Gasteiger partial charge in [-0.15, -0.1) is 5.69 Å². The Bertz CT molecular complexity index is 842. The number of aromatic nitrogens is 3. The molecule has 0 unspecified atom stereocenters. The third-order valence-corrected chi connectivity index (χ3v) is 3.13. The average molecular weight is 444 g/mol. The largest absolute Gasteiger partial charge is 2.00 e. The second kappa shape index (κ2) is 7.96. The Balaban J connectivity index is 0.000000205. The van der Waals surface area contributed by atoms with Crippen molar-refractivity contribution in [1.82, 2.24) is 15.0 Å². The number of fused-ring (bicyclic) bond motifs is 1. The fourth-order valence-corrected chi connectivity index (χ4v) is 1.74. The van der Waals surface area contributed by atoms with Gasteiger partial charge in [-0.05, 0) is 34.0 Å². The molecular formula is C13H9CuIN4O2. The molecule has 0 saturated carbocycles. The van der Waals surface area contributed by atoms with Crippen LogP contribution in [0.5, 0.6) is 0 Å². The molecule has 0 atom stereocenters. The van der Waals surface area contributed by atoms with E-state index in [-0.39, 0.29) is 22.6 Å². The number of halogens is 1. The Morgan fingerprint density at radius 2 is 1.90 bits per heavy atom. The molecule has 8 heteroatoms. The molecule has 3 aromatic rings. The molecule has 2 N–H and O–H groups in total. The number of para-hydroxylation sites is 1. The summed E-state index contributed by atoms with van der Waals surface area (Å²) >= 11 is 1.80. The standard InChI is InChI=1S/C9H7N2.C4H3IN2O2.Cu/c10-8-5-1-3-7-4-2-6-11-9(7)8;5-2-1-6-4(9)7-3(2)8;/h1-6,10H;1H,(H2,6,7,8,9);/q-1;;+2/p-1. The summed E-state index contributed by atoms with van der Waals surface area (Å²) in [4.78, 5) is 30.2. The molecule has 2 aromatic heterocycles. The van der Waals surface area contributed by atoms with Crippen LogP contribution in [0.15, 0.2) is 52.3 Å². The summed E-state index contributed by atoms with van der Waals surface area (Å²) in [6.45, 7) is 0. The predicted octanol–water partition coefficient (Wildman–Crippen LogP) is 2.21. The van der Waals surface area contributed by atoms with Gasteiger partial charge < -0.3 is 15.7 Å². The first-order chi connectivity index (χ1) is 9.58. The van der Waals surface area contributed by atoms with Gasteiger partial charge >= 0.3 is 17.1 Å². The van der Waals surface area contributed by atoms with Crippen LogP contribution in [0, 0.1) is 3.57 Å². The Kier molecular flexibility index (Phi) is 6.60. The zero-order valence-corrected chi connectivity index (χ0v) is 13.5. The summed E-state index contributed by atoms with van der Waals surface area (Å²) < 4.78 is 0.423. The van der Waals surface area contributed by atoms with E-state index in [0.717, 1.165) is 10.9 Å². The summed E-state index contributed by atoms with van der Waals surface area (Å²) in [6.07, 6.45) is 2.95. The van der Waals surface area contributed by atoms with Crippen molar-refractivity contribution < 1.29 is 17.1 Å². The van der Waals surface area contributed by atoms with Crippen LogP contribution in [0.4, 0.5) is 5.69 Å². The number of aromatic amines is 1. The fourth-order valence-electron chi connectivity index (χ4n) is 1.47. The quantitative estimate of drug-likeness (QED) is 0.425. The van der Waals surface area contributed by atoms with E-state index in [9.17, 15) is 9.59 Å². The molecule has 111 valence electrons. The van der Waals surface area contributed by atoms with Crippen molar-refractivity contribution in [1.29, 1.82) is 0 Å². The third kappa shape index (κ3) is 4.69. The Hall–Kier alpha value is -1.64. The molecule has 3 rings (SSSR count). The van der Waals surface area contributed by atoms with Gasteiger partial charge in [0.2, 0.25) is 0 Å².